The fourth-order valence-electron chi connectivity index (χ4n) is 5.04. The van der Waals surface area contributed by atoms with Crippen molar-refractivity contribution < 1.29 is 14.3 Å². The van der Waals surface area contributed by atoms with E-state index in [-0.39, 0.29) is 18.4 Å². The topological polar surface area (TPSA) is 123 Å². The summed E-state index contributed by atoms with van der Waals surface area (Å²) < 4.78 is 7.94. The number of carbonyl (C=O) groups excluding carboxylic acids is 2. The first-order chi connectivity index (χ1) is 19.4. The summed E-state index contributed by atoms with van der Waals surface area (Å²) >= 11 is 0. The van der Waals surface area contributed by atoms with Crippen LogP contribution in [0.3, 0.4) is 0 Å². The number of nitrogens with zero attached hydrogens (tertiary/aromatic N) is 4. The second-order valence-corrected chi connectivity index (χ2v) is 9.63. The molecule has 0 fully saturated rings. The number of para-hydroxylation sites is 4. The number of hydrogen-bond acceptors (Lipinski definition) is 6. The van der Waals surface area contributed by atoms with Gasteiger partial charge in [0.15, 0.2) is 0 Å². The molecule has 9 nitrogen and oxygen atoms in total. The smallest absolute Gasteiger partial charge is 0.253 e. The number of hydrogen-bond donors (Lipinski definition) is 2. The maximum Gasteiger partial charge on any atom is 0.253 e. The van der Waals surface area contributed by atoms with Gasteiger partial charge in [-0.3, -0.25) is 14.2 Å². The zero-order valence-electron chi connectivity index (χ0n) is 22.4. The zero-order chi connectivity index (χ0) is 28.4. The number of nitriles is 2. The van der Waals surface area contributed by atoms with Crippen LogP contribution in [0.25, 0.3) is 16.6 Å². The highest BCUT2D eigenvalue weighted by Gasteiger charge is 2.38. The lowest BCUT2D eigenvalue weighted by atomic mass is 10.1. The summed E-state index contributed by atoms with van der Waals surface area (Å²) in [4.78, 5) is 28.5. The zero-order valence-corrected chi connectivity index (χ0v) is 22.4. The highest BCUT2D eigenvalue weighted by Crippen LogP contribution is 2.37. The lowest BCUT2D eigenvalue weighted by molar-refractivity contribution is -0.130. The maximum atomic E-state index is 14.2. The molecule has 2 heterocycles. The number of fused-ring (bicyclic) bond motifs is 2. The van der Waals surface area contributed by atoms with E-state index in [1.807, 2.05) is 42.5 Å². The number of ether oxygens (including phenoxy) is 1. The van der Waals surface area contributed by atoms with Crippen LogP contribution in [0.15, 0.2) is 72.8 Å². The first kappa shape index (κ1) is 26.5. The van der Waals surface area contributed by atoms with Crippen molar-refractivity contribution in [3.05, 3.63) is 89.6 Å². The van der Waals surface area contributed by atoms with Crippen molar-refractivity contribution in [2.24, 2.45) is 0 Å². The number of nitrogens with one attached hydrogen (secondary N) is 2. The minimum Gasteiger partial charge on any atom is -0.486 e. The monoisotopic (exact) mass is 532 g/mol. The molecule has 0 bridgehead atoms. The second kappa shape index (κ2) is 10.9. The number of anilines is 1. The fraction of sp³-hybridized carbons (Fsp3) is 0.226. The Morgan fingerprint density at radius 3 is 2.40 bits per heavy atom. The molecule has 200 valence electrons. The number of benzene rings is 3. The van der Waals surface area contributed by atoms with Gasteiger partial charge in [-0.05, 0) is 51.2 Å². The van der Waals surface area contributed by atoms with Crippen molar-refractivity contribution in [1.82, 2.24) is 15.2 Å². The van der Waals surface area contributed by atoms with Crippen LogP contribution in [-0.2, 0) is 16.1 Å². The summed E-state index contributed by atoms with van der Waals surface area (Å²) in [6.07, 6.45) is -0.647. The summed E-state index contributed by atoms with van der Waals surface area (Å²) in [6, 6.07) is 24.9. The van der Waals surface area contributed by atoms with E-state index in [9.17, 15) is 20.1 Å². The van der Waals surface area contributed by atoms with Gasteiger partial charge in [0.05, 0.1) is 35.0 Å². The highest BCUT2D eigenvalue weighted by atomic mass is 16.5. The molecule has 9 heteroatoms. The first-order valence-corrected chi connectivity index (χ1v) is 13.0. The van der Waals surface area contributed by atoms with Gasteiger partial charge in [0, 0.05) is 10.9 Å². The van der Waals surface area contributed by atoms with E-state index in [0.717, 1.165) is 10.9 Å². The predicted molar refractivity (Wildman–Crippen MR) is 151 cm³/mol. The van der Waals surface area contributed by atoms with Gasteiger partial charge in [-0.2, -0.15) is 10.5 Å². The molecule has 0 aliphatic carbocycles. The van der Waals surface area contributed by atoms with Gasteiger partial charge in [0.25, 0.3) is 5.91 Å². The molecule has 1 aliphatic heterocycles. The van der Waals surface area contributed by atoms with Gasteiger partial charge in [-0.15, -0.1) is 0 Å². The molecule has 0 radical (unpaired) electrons. The van der Waals surface area contributed by atoms with Crippen molar-refractivity contribution in [2.75, 3.05) is 11.9 Å². The van der Waals surface area contributed by atoms with Crippen LogP contribution in [0.4, 0.5) is 5.69 Å². The highest BCUT2D eigenvalue weighted by molar-refractivity contribution is 6.02. The van der Waals surface area contributed by atoms with Crippen LogP contribution in [0.5, 0.6) is 5.75 Å². The van der Waals surface area contributed by atoms with Crippen LogP contribution in [0, 0.1) is 22.7 Å². The molecular weight excluding hydrogens is 504 g/mol. The van der Waals surface area contributed by atoms with Gasteiger partial charge in [-0.25, -0.2) is 0 Å². The normalized spacial score (nSPS) is 17.2. The molecule has 1 aromatic heterocycles. The maximum absolute atomic E-state index is 14.2. The molecule has 40 heavy (non-hydrogen) atoms. The lowest BCUT2D eigenvalue weighted by Crippen LogP contribution is -2.56. The SMILES string of the molecule is CN[C@@H](C)C(=O)N[C@@H]1C(=O)N(Cc2c(C#N)n(-c3ccccc3C#N)c3ccccc23)c2ccccc2O[C@H]1C. The largest absolute Gasteiger partial charge is 0.486 e. The molecular formula is C31H28N6O3. The van der Waals surface area contributed by atoms with E-state index in [1.54, 1.807) is 60.7 Å². The standard InChI is InChI=1S/C31H28N6O3/c1-19(34-3)30(38)35-29-20(2)40-28-15-9-8-14-26(28)36(31(29)39)18-23-22-11-5-7-13-25(22)37(27(23)17-33)24-12-6-4-10-21(24)16-32/h4-15,19-20,29,34H,18H2,1-3H3,(H,35,38)/t19-,20-,29-/m0/s1. The van der Waals surface area contributed by atoms with E-state index in [1.165, 1.54) is 0 Å². The molecule has 5 rings (SSSR count). The Morgan fingerprint density at radius 1 is 1.00 bits per heavy atom. The minimum atomic E-state index is -0.964. The Bertz CT molecular complexity index is 1700. The van der Waals surface area contributed by atoms with Gasteiger partial charge in [-0.1, -0.05) is 42.5 Å². The van der Waals surface area contributed by atoms with E-state index in [0.29, 0.717) is 33.9 Å². The molecule has 4 aromatic rings. The van der Waals surface area contributed by atoms with Crippen molar-refractivity contribution in [3.63, 3.8) is 0 Å². The van der Waals surface area contributed by atoms with Gasteiger partial charge < -0.3 is 20.3 Å². The van der Waals surface area contributed by atoms with Crippen molar-refractivity contribution in [1.29, 1.82) is 10.5 Å². The molecule has 0 spiro atoms. The average Bonchev–Trinajstić information content (AvgIpc) is 3.26. The van der Waals surface area contributed by atoms with E-state index in [2.05, 4.69) is 22.8 Å². The third-order valence-electron chi connectivity index (χ3n) is 7.26. The summed E-state index contributed by atoms with van der Waals surface area (Å²) in [7, 11) is 1.67. The number of carbonyl (C=O) groups is 2. The summed E-state index contributed by atoms with van der Waals surface area (Å²) in [5.74, 6) is -0.185. The molecule has 2 amide bonds. The number of rotatable bonds is 6. The number of amides is 2. The van der Waals surface area contributed by atoms with Crippen LogP contribution in [0.2, 0.25) is 0 Å². The van der Waals surface area contributed by atoms with Crippen LogP contribution in [0.1, 0.15) is 30.7 Å². The van der Waals surface area contributed by atoms with Gasteiger partial charge in [0.1, 0.15) is 35.7 Å². The molecule has 3 atom stereocenters. The molecule has 0 saturated carbocycles. The van der Waals surface area contributed by atoms with Gasteiger partial charge >= 0.3 is 0 Å². The number of likely N-dealkylation sites (N-methyl/N-ethyl adjacent to an activating group) is 1. The van der Waals surface area contributed by atoms with Gasteiger partial charge in [0.2, 0.25) is 5.91 Å². The van der Waals surface area contributed by atoms with E-state index in [4.69, 9.17) is 4.74 Å². The van der Waals surface area contributed by atoms with Crippen LogP contribution in [-0.4, -0.2) is 41.6 Å². The Balaban J connectivity index is 1.67. The Kier molecular flexibility index (Phi) is 7.24. The lowest BCUT2D eigenvalue weighted by Gasteiger charge is -2.27. The summed E-state index contributed by atoms with van der Waals surface area (Å²) in [5, 5.41) is 26.7. The molecule has 0 saturated heterocycles. The van der Waals surface area contributed by atoms with Crippen molar-refractivity contribution in [2.45, 2.75) is 38.6 Å². The fourth-order valence-corrected chi connectivity index (χ4v) is 5.04. The van der Waals surface area contributed by atoms with Crippen LogP contribution < -0.4 is 20.3 Å². The average molecular weight is 533 g/mol. The minimum absolute atomic E-state index is 0.0466. The molecule has 2 N–H and O–H groups in total. The van der Waals surface area contributed by atoms with Crippen molar-refractivity contribution >= 4 is 28.4 Å². The Hall–Kier alpha value is -5.12. The second-order valence-electron chi connectivity index (χ2n) is 9.63. The predicted octanol–water partition coefficient (Wildman–Crippen LogP) is 3.78. The van der Waals surface area contributed by atoms with E-state index >= 15 is 0 Å². The molecule has 3 aromatic carbocycles. The molecule has 1 aliphatic rings. The third-order valence-corrected chi connectivity index (χ3v) is 7.26. The first-order valence-electron chi connectivity index (χ1n) is 13.0. The summed E-state index contributed by atoms with van der Waals surface area (Å²) in [5.41, 5.74) is 3.22. The van der Waals surface area contributed by atoms with Crippen molar-refractivity contribution in [3.8, 4) is 23.6 Å². The Morgan fingerprint density at radius 2 is 1.68 bits per heavy atom. The number of aromatic nitrogens is 1. The third kappa shape index (κ3) is 4.53. The van der Waals surface area contributed by atoms with E-state index < -0.39 is 18.2 Å². The molecule has 0 unspecified atom stereocenters. The Labute approximate surface area is 232 Å². The quantitative estimate of drug-likeness (QED) is 0.390. The summed E-state index contributed by atoms with van der Waals surface area (Å²) in [6.45, 7) is 3.51. The van der Waals surface area contributed by atoms with Crippen LogP contribution >= 0.6 is 0 Å².